The van der Waals surface area contributed by atoms with Gasteiger partial charge in [0.2, 0.25) is 0 Å². The summed E-state index contributed by atoms with van der Waals surface area (Å²) in [4.78, 5) is 11.0. The first-order valence-electron chi connectivity index (χ1n) is 7.97. The maximum atomic E-state index is 14.5. The van der Waals surface area contributed by atoms with Gasteiger partial charge in [-0.3, -0.25) is 0 Å². The van der Waals surface area contributed by atoms with Gasteiger partial charge in [0.25, 0.3) is 0 Å². The van der Waals surface area contributed by atoms with Crippen molar-refractivity contribution in [2.45, 2.75) is 0 Å². The van der Waals surface area contributed by atoms with Crippen LogP contribution in [0.1, 0.15) is 0 Å². The van der Waals surface area contributed by atoms with Crippen molar-refractivity contribution in [1.29, 1.82) is 0 Å². The summed E-state index contributed by atoms with van der Waals surface area (Å²) in [7, 11) is -7.02. The molecule has 0 radical (unpaired) electrons. The van der Waals surface area contributed by atoms with Crippen molar-refractivity contribution >= 4 is 23.9 Å². The summed E-state index contributed by atoms with van der Waals surface area (Å²) < 4.78 is 169. The molecule has 14 heteroatoms. The fraction of sp³-hybridized carbons (Fsp3) is 0. The molecule has 0 atom stereocenters. The van der Waals surface area contributed by atoms with E-state index >= 15 is 0 Å². The Morgan fingerprint density at radius 1 is 0.375 bits per heavy atom. The van der Waals surface area contributed by atoms with Crippen LogP contribution in [0.2, 0.25) is 0 Å². The Balaban J connectivity index is 2.72. The third-order valence-electron chi connectivity index (χ3n) is 4.42. The quantitative estimate of drug-likeness (QED) is 0.258. The third kappa shape index (κ3) is 3.24. The summed E-state index contributed by atoms with van der Waals surface area (Å²) in [5.74, 6) is -30.6. The fourth-order valence-electron chi connectivity index (χ4n) is 3.05. The Labute approximate surface area is 170 Å². The third-order valence-corrected chi connectivity index (χ3v) is 7.91. The zero-order chi connectivity index (χ0) is 24.3. The summed E-state index contributed by atoms with van der Waals surface area (Å²) in [5, 5.41) is -7.58. The second-order valence-electron chi connectivity index (χ2n) is 6.24. The summed E-state index contributed by atoms with van der Waals surface area (Å²) in [6.45, 7) is 0. The van der Waals surface area contributed by atoms with Crippen molar-refractivity contribution < 1.29 is 57.5 Å². The van der Waals surface area contributed by atoms with Crippen molar-refractivity contribution in [3.8, 4) is 0 Å². The summed E-state index contributed by atoms with van der Waals surface area (Å²) in [6.07, 6.45) is 0. The van der Waals surface area contributed by atoms with Crippen LogP contribution in [0.25, 0.3) is 0 Å². The SMILES string of the molecule is O[Si](c1c(F)c(F)cc(F)c1F)(c1c(F)c(F)cc(F)c1F)c1c(F)c(F)cc(F)c1F. The molecule has 32 heavy (non-hydrogen) atoms. The highest BCUT2D eigenvalue weighted by Crippen LogP contribution is 2.23. The summed E-state index contributed by atoms with van der Waals surface area (Å²) in [6, 6.07) is -1.46. The molecule has 3 rings (SSSR count). The first-order valence-corrected chi connectivity index (χ1v) is 9.92. The molecule has 0 spiro atoms. The zero-order valence-electron chi connectivity index (χ0n) is 14.7. The van der Waals surface area contributed by atoms with E-state index in [4.69, 9.17) is 0 Å². The number of benzene rings is 3. The second-order valence-corrected chi connectivity index (χ2v) is 9.16. The van der Waals surface area contributed by atoms with Crippen molar-refractivity contribution in [3.63, 3.8) is 0 Å². The van der Waals surface area contributed by atoms with Gasteiger partial charge in [-0.1, -0.05) is 0 Å². The van der Waals surface area contributed by atoms with Crippen molar-refractivity contribution in [1.82, 2.24) is 0 Å². The molecule has 0 fully saturated rings. The molecule has 0 aliphatic rings. The predicted octanol–water partition coefficient (Wildman–Crippen LogP) is 3.32. The van der Waals surface area contributed by atoms with Gasteiger partial charge in [-0.15, -0.1) is 0 Å². The molecule has 0 aromatic heterocycles. The van der Waals surface area contributed by atoms with Crippen LogP contribution < -0.4 is 15.6 Å². The average Bonchev–Trinajstić information content (AvgIpc) is 2.70. The number of halogens is 12. The molecule has 3 aromatic rings. The monoisotopic (exact) mass is 492 g/mol. The lowest BCUT2D eigenvalue weighted by Crippen LogP contribution is -2.73. The Bertz CT molecular complexity index is 1040. The number of rotatable bonds is 3. The van der Waals surface area contributed by atoms with Gasteiger partial charge >= 0.3 is 8.32 Å². The van der Waals surface area contributed by atoms with Gasteiger partial charge in [0, 0.05) is 18.2 Å². The Hall–Kier alpha value is -3.00. The molecule has 170 valence electrons. The van der Waals surface area contributed by atoms with Crippen LogP contribution in [0.5, 0.6) is 0 Å². The molecule has 0 bridgehead atoms. The van der Waals surface area contributed by atoms with Gasteiger partial charge in [0.1, 0.15) is 0 Å². The largest absolute Gasteiger partial charge is 0.420 e. The minimum absolute atomic E-state index is 0.485. The van der Waals surface area contributed by atoms with E-state index < -0.39 is 112 Å². The molecule has 1 nitrogen and oxygen atoms in total. The highest BCUT2D eigenvalue weighted by molar-refractivity contribution is 7.06. The maximum absolute atomic E-state index is 14.5. The lowest BCUT2D eigenvalue weighted by Gasteiger charge is -2.29. The molecule has 1 N–H and O–H groups in total. The Kier molecular flexibility index (Phi) is 5.80. The second kappa shape index (κ2) is 7.85. The predicted molar refractivity (Wildman–Crippen MR) is 85.7 cm³/mol. The molecular formula is C18H4F12OSi. The minimum atomic E-state index is -7.02. The van der Waals surface area contributed by atoms with E-state index in [0.717, 1.165) is 0 Å². The Morgan fingerprint density at radius 2 is 0.531 bits per heavy atom. The van der Waals surface area contributed by atoms with E-state index in [-0.39, 0.29) is 0 Å². The van der Waals surface area contributed by atoms with Crippen LogP contribution in [0.3, 0.4) is 0 Å². The van der Waals surface area contributed by atoms with E-state index in [1.165, 1.54) is 0 Å². The van der Waals surface area contributed by atoms with E-state index in [9.17, 15) is 57.5 Å². The standard InChI is InChI=1S/C18H4F12OSi/c19-4-1-5(20)11(26)16(10(4)25)32(31,17-12(27)6(21)2-7(22)13(17)28)18-14(29)8(23)3-9(24)15(18)30/h1-3,31H. The van der Waals surface area contributed by atoms with Gasteiger partial charge in [-0.2, -0.15) is 0 Å². The van der Waals surface area contributed by atoms with Gasteiger partial charge in [-0.25, -0.2) is 52.7 Å². The van der Waals surface area contributed by atoms with Crippen molar-refractivity contribution in [3.05, 3.63) is 88.0 Å². The smallest absolute Gasteiger partial charge is 0.304 e. The molecular weight excluding hydrogens is 488 g/mol. The first-order chi connectivity index (χ1) is 14.7. The molecule has 0 amide bonds. The van der Waals surface area contributed by atoms with Crippen LogP contribution in [0.4, 0.5) is 52.7 Å². The summed E-state index contributed by atoms with van der Waals surface area (Å²) in [5.41, 5.74) is 0. The summed E-state index contributed by atoms with van der Waals surface area (Å²) >= 11 is 0. The van der Waals surface area contributed by atoms with Gasteiger partial charge in [0.15, 0.2) is 69.8 Å². The van der Waals surface area contributed by atoms with Crippen LogP contribution >= 0.6 is 0 Å². The topological polar surface area (TPSA) is 20.2 Å². The molecule has 0 saturated heterocycles. The number of hydrogen-bond donors (Lipinski definition) is 1. The van der Waals surface area contributed by atoms with Gasteiger partial charge in [0.05, 0.1) is 15.6 Å². The molecule has 0 unspecified atom stereocenters. The first kappa shape index (κ1) is 23.7. The normalized spacial score (nSPS) is 11.9. The van der Waals surface area contributed by atoms with E-state index in [0.29, 0.717) is 0 Å². The van der Waals surface area contributed by atoms with Crippen LogP contribution in [-0.2, 0) is 0 Å². The highest BCUT2D eigenvalue weighted by Gasteiger charge is 2.54. The lowest BCUT2D eigenvalue weighted by atomic mass is 10.3. The maximum Gasteiger partial charge on any atom is 0.304 e. The fourth-order valence-corrected chi connectivity index (χ4v) is 6.42. The van der Waals surface area contributed by atoms with Crippen molar-refractivity contribution in [2.75, 3.05) is 0 Å². The molecule has 0 aliphatic heterocycles. The molecule has 0 heterocycles. The van der Waals surface area contributed by atoms with Crippen LogP contribution in [-0.4, -0.2) is 13.1 Å². The highest BCUT2D eigenvalue weighted by atomic mass is 28.4. The minimum Gasteiger partial charge on any atom is -0.420 e. The van der Waals surface area contributed by atoms with E-state index in [2.05, 4.69) is 0 Å². The average molecular weight is 492 g/mol. The van der Waals surface area contributed by atoms with Crippen LogP contribution in [0.15, 0.2) is 18.2 Å². The molecule has 0 aliphatic carbocycles. The van der Waals surface area contributed by atoms with Crippen molar-refractivity contribution in [2.24, 2.45) is 0 Å². The zero-order valence-corrected chi connectivity index (χ0v) is 15.7. The van der Waals surface area contributed by atoms with E-state index in [1.807, 2.05) is 0 Å². The van der Waals surface area contributed by atoms with Crippen LogP contribution in [0, 0.1) is 69.8 Å². The molecule has 0 saturated carbocycles. The lowest BCUT2D eigenvalue weighted by molar-refractivity contribution is 0.442. The molecule has 3 aromatic carbocycles. The van der Waals surface area contributed by atoms with Gasteiger partial charge in [-0.05, 0) is 0 Å². The number of hydrogen-bond acceptors (Lipinski definition) is 1. The Morgan fingerprint density at radius 3 is 0.688 bits per heavy atom. The van der Waals surface area contributed by atoms with E-state index in [1.54, 1.807) is 0 Å². The van der Waals surface area contributed by atoms with Gasteiger partial charge < -0.3 is 4.80 Å².